The van der Waals surface area contributed by atoms with Gasteiger partial charge in [0.15, 0.2) is 0 Å². The lowest BCUT2D eigenvalue weighted by molar-refractivity contribution is -0.137. The molecule has 1 aromatic carbocycles. The van der Waals surface area contributed by atoms with Gasteiger partial charge in [-0.05, 0) is 38.5 Å². The van der Waals surface area contributed by atoms with E-state index in [1.54, 1.807) is 0 Å². The molecule has 7 heteroatoms. The fraction of sp³-hybridized carbons (Fsp3) is 0.429. The third-order valence-electron chi connectivity index (χ3n) is 2.84. The highest BCUT2D eigenvalue weighted by atomic mass is 35.5. The summed E-state index contributed by atoms with van der Waals surface area (Å²) in [5, 5.41) is 11.4. The van der Waals surface area contributed by atoms with E-state index in [9.17, 15) is 14.0 Å². The fourth-order valence-electron chi connectivity index (χ4n) is 1.78. The number of carbonyl (C=O) groups is 2. The molecular formula is C14H18ClFN2O3. The van der Waals surface area contributed by atoms with Crippen LogP contribution in [0.4, 0.5) is 14.9 Å². The molecule has 1 rings (SSSR count). The predicted octanol–water partition coefficient (Wildman–Crippen LogP) is 3.59. The largest absolute Gasteiger partial charge is 0.481 e. The third kappa shape index (κ3) is 5.59. The molecule has 2 N–H and O–H groups in total. The molecule has 0 saturated carbocycles. The highest BCUT2D eigenvalue weighted by Gasteiger charge is 2.18. The normalized spacial score (nSPS) is 10.5. The van der Waals surface area contributed by atoms with Crippen molar-refractivity contribution >= 4 is 29.3 Å². The van der Waals surface area contributed by atoms with Crippen LogP contribution in [0.5, 0.6) is 0 Å². The first-order valence-electron chi connectivity index (χ1n) is 6.55. The Hall–Kier alpha value is -1.82. The number of anilines is 1. The summed E-state index contributed by atoms with van der Waals surface area (Å²) in [4.78, 5) is 24.2. The minimum Gasteiger partial charge on any atom is -0.481 e. The average Bonchev–Trinajstić information content (AvgIpc) is 2.38. The standard InChI is InChI=1S/C14H18ClFN2O3/c1-9(2)18(7-3-4-13(19)20)14(21)17-12-8-10(16)5-6-11(12)15/h5-6,8-9H,3-4,7H2,1-2H3,(H,17,21)(H,19,20). The Morgan fingerprint density at radius 1 is 1.43 bits per heavy atom. The molecule has 0 radical (unpaired) electrons. The molecule has 116 valence electrons. The molecule has 0 aliphatic carbocycles. The van der Waals surface area contributed by atoms with Crippen LogP contribution in [0.3, 0.4) is 0 Å². The molecule has 0 bridgehead atoms. The summed E-state index contributed by atoms with van der Waals surface area (Å²) in [6.07, 6.45) is 0.328. The van der Waals surface area contributed by atoms with Crippen LogP contribution < -0.4 is 5.32 Å². The highest BCUT2D eigenvalue weighted by molar-refractivity contribution is 6.33. The first-order valence-corrected chi connectivity index (χ1v) is 6.93. The monoisotopic (exact) mass is 316 g/mol. The summed E-state index contributed by atoms with van der Waals surface area (Å²) in [6, 6.07) is 3.13. The number of carboxylic acid groups (broad SMARTS) is 1. The molecule has 0 spiro atoms. The van der Waals surface area contributed by atoms with Gasteiger partial charge in [0.05, 0.1) is 10.7 Å². The molecule has 0 aromatic heterocycles. The van der Waals surface area contributed by atoms with E-state index in [1.807, 2.05) is 13.8 Å². The van der Waals surface area contributed by atoms with Gasteiger partial charge in [0.1, 0.15) is 5.82 Å². The van der Waals surface area contributed by atoms with Gasteiger partial charge >= 0.3 is 12.0 Å². The van der Waals surface area contributed by atoms with Crippen LogP contribution in [-0.4, -0.2) is 34.6 Å². The number of carbonyl (C=O) groups excluding carboxylic acids is 1. The average molecular weight is 317 g/mol. The number of urea groups is 1. The maximum atomic E-state index is 13.2. The van der Waals surface area contributed by atoms with E-state index in [0.29, 0.717) is 13.0 Å². The number of halogens is 2. The zero-order chi connectivity index (χ0) is 16.0. The summed E-state index contributed by atoms with van der Waals surface area (Å²) >= 11 is 5.89. The van der Waals surface area contributed by atoms with Gasteiger partial charge in [0.25, 0.3) is 0 Å². The second-order valence-corrected chi connectivity index (χ2v) is 5.25. The van der Waals surface area contributed by atoms with Gasteiger partial charge in [-0.3, -0.25) is 4.79 Å². The highest BCUT2D eigenvalue weighted by Crippen LogP contribution is 2.23. The van der Waals surface area contributed by atoms with E-state index in [4.69, 9.17) is 16.7 Å². The van der Waals surface area contributed by atoms with E-state index in [0.717, 1.165) is 6.07 Å². The quantitative estimate of drug-likeness (QED) is 0.842. The van der Waals surface area contributed by atoms with E-state index < -0.39 is 17.8 Å². The molecular weight excluding hydrogens is 299 g/mol. The first kappa shape index (κ1) is 17.2. The van der Waals surface area contributed by atoms with Crippen molar-refractivity contribution < 1.29 is 19.1 Å². The second-order valence-electron chi connectivity index (χ2n) is 4.84. The maximum absolute atomic E-state index is 13.2. The number of benzene rings is 1. The Kier molecular flexibility index (Phi) is 6.42. The molecule has 0 atom stereocenters. The number of hydrogen-bond donors (Lipinski definition) is 2. The minimum atomic E-state index is -0.910. The van der Waals surface area contributed by atoms with Crippen molar-refractivity contribution in [3.05, 3.63) is 29.0 Å². The van der Waals surface area contributed by atoms with Gasteiger partial charge in [-0.25, -0.2) is 9.18 Å². The summed E-state index contributed by atoms with van der Waals surface area (Å²) < 4.78 is 13.2. The number of rotatable bonds is 6. The number of carboxylic acids is 1. The van der Waals surface area contributed by atoms with Gasteiger partial charge in [-0.15, -0.1) is 0 Å². The van der Waals surface area contributed by atoms with Crippen molar-refractivity contribution in [3.63, 3.8) is 0 Å². The summed E-state index contributed by atoms with van der Waals surface area (Å²) in [5.74, 6) is -1.41. The van der Waals surface area contributed by atoms with Crippen molar-refractivity contribution in [1.82, 2.24) is 4.90 Å². The van der Waals surface area contributed by atoms with Crippen molar-refractivity contribution in [2.75, 3.05) is 11.9 Å². The SMILES string of the molecule is CC(C)N(CCCC(=O)O)C(=O)Nc1cc(F)ccc1Cl. The Morgan fingerprint density at radius 2 is 2.10 bits per heavy atom. The van der Waals surface area contributed by atoms with Crippen molar-refractivity contribution in [2.24, 2.45) is 0 Å². The van der Waals surface area contributed by atoms with Gasteiger partial charge in [-0.2, -0.15) is 0 Å². The summed E-state index contributed by atoms with van der Waals surface area (Å²) in [5.41, 5.74) is 0.186. The summed E-state index contributed by atoms with van der Waals surface area (Å²) in [6.45, 7) is 3.92. The van der Waals surface area contributed by atoms with Crippen LogP contribution in [0, 0.1) is 5.82 Å². The number of amides is 2. The predicted molar refractivity (Wildman–Crippen MR) is 79.1 cm³/mol. The zero-order valence-electron chi connectivity index (χ0n) is 11.9. The topological polar surface area (TPSA) is 69.6 Å². The molecule has 0 aliphatic rings. The smallest absolute Gasteiger partial charge is 0.322 e. The number of nitrogens with zero attached hydrogens (tertiary/aromatic N) is 1. The van der Waals surface area contributed by atoms with Crippen LogP contribution in [0.15, 0.2) is 18.2 Å². The van der Waals surface area contributed by atoms with Crippen LogP contribution in [-0.2, 0) is 4.79 Å². The van der Waals surface area contributed by atoms with E-state index in [2.05, 4.69) is 5.32 Å². The third-order valence-corrected chi connectivity index (χ3v) is 3.17. The molecule has 5 nitrogen and oxygen atoms in total. The van der Waals surface area contributed by atoms with Crippen LogP contribution in [0.2, 0.25) is 5.02 Å². The Balaban J connectivity index is 2.72. The van der Waals surface area contributed by atoms with Crippen LogP contribution in [0.25, 0.3) is 0 Å². The van der Waals surface area contributed by atoms with E-state index in [-0.39, 0.29) is 23.2 Å². The molecule has 21 heavy (non-hydrogen) atoms. The summed E-state index contributed by atoms with van der Waals surface area (Å²) in [7, 11) is 0. The van der Waals surface area contributed by atoms with E-state index in [1.165, 1.54) is 17.0 Å². The van der Waals surface area contributed by atoms with Crippen LogP contribution in [0.1, 0.15) is 26.7 Å². The zero-order valence-corrected chi connectivity index (χ0v) is 12.7. The Labute approximate surface area is 127 Å². The minimum absolute atomic E-state index is 0.0166. The fourth-order valence-corrected chi connectivity index (χ4v) is 1.94. The second kappa shape index (κ2) is 7.83. The van der Waals surface area contributed by atoms with E-state index >= 15 is 0 Å². The number of aliphatic carboxylic acids is 1. The maximum Gasteiger partial charge on any atom is 0.322 e. The number of nitrogens with one attached hydrogen (secondary N) is 1. The molecule has 2 amide bonds. The van der Waals surface area contributed by atoms with Gasteiger partial charge in [-0.1, -0.05) is 11.6 Å². The molecule has 0 unspecified atom stereocenters. The molecule has 0 fully saturated rings. The van der Waals surface area contributed by atoms with Crippen molar-refractivity contribution in [3.8, 4) is 0 Å². The number of hydrogen-bond acceptors (Lipinski definition) is 2. The first-order chi connectivity index (χ1) is 9.81. The van der Waals surface area contributed by atoms with Crippen molar-refractivity contribution in [1.29, 1.82) is 0 Å². The van der Waals surface area contributed by atoms with Gasteiger partial charge in [0, 0.05) is 19.0 Å². The van der Waals surface area contributed by atoms with Gasteiger partial charge in [0.2, 0.25) is 0 Å². The molecule has 0 heterocycles. The lowest BCUT2D eigenvalue weighted by Crippen LogP contribution is -2.40. The Morgan fingerprint density at radius 3 is 2.67 bits per heavy atom. The van der Waals surface area contributed by atoms with Crippen LogP contribution >= 0.6 is 11.6 Å². The van der Waals surface area contributed by atoms with Crippen molar-refractivity contribution in [2.45, 2.75) is 32.7 Å². The molecule has 1 aromatic rings. The molecule has 0 aliphatic heterocycles. The Bertz CT molecular complexity index is 523. The van der Waals surface area contributed by atoms with Gasteiger partial charge < -0.3 is 15.3 Å². The lowest BCUT2D eigenvalue weighted by atomic mass is 10.2. The molecule has 0 saturated heterocycles. The lowest BCUT2D eigenvalue weighted by Gasteiger charge is -2.27.